The first-order valence-corrected chi connectivity index (χ1v) is 6.09. The van der Waals surface area contributed by atoms with Crippen molar-refractivity contribution >= 4 is 16.7 Å². The fraction of sp³-hybridized carbons (Fsp3) is 0.400. The number of rotatable bonds is 3. The number of ketones is 1. The highest BCUT2D eigenvalue weighted by atomic mass is 16.1. The van der Waals surface area contributed by atoms with E-state index >= 15 is 0 Å². The molecule has 1 aromatic carbocycles. The summed E-state index contributed by atoms with van der Waals surface area (Å²) in [5, 5.41) is 1.20. The van der Waals surface area contributed by atoms with E-state index in [0.717, 1.165) is 16.8 Å². The summed E-state index contributed by atoms with van der Waals surface area (Å²) in [5.74, 6) is 0.726. The van der Waals surface area contributed by atoms with Crippen LogP contribution in [0.1, 0.15) is 43.5 Å². The van der Waals surface area contributed by atoms with E-state index in [4.69, 9.17) is 0 Å². The maximum Gasteiger partial charge on any atom is 0.134 e. The lowest BCUT2D eigenvalue weighted by molar-refractivity contribution is -0.116. The Bertz CT molecular complexity index is 564. The first-order chi connectivity index (χ1) is 7.99. The van der Waals surface area contributed by atoms with Gasteiger partial charge in [0.05, 0.1) is 0 Å². The van der Waals surface area contributed by atoms with Crippen molar-refractivity contribution in [3.8, 4) is 0 Å². The molecule has 2 rings (SSSR count). The summed E-state index contributed by atoms with van der Waals surface area (Å²) < 4.78 is 0. The van der Waals surface area contributed by atoms with E-state index in [0.29, 0.717) is 12.3 Å². The molecule has 0 saturated heterocycles. The van der Waals surface area contributed by atoms with E-state index in [-0.39, 0.29) is 5.78 Å². The number of nitrogens with one attached hydrogen (secondary N) is 1. The largest absolute Gasteiger partial charge is 0.358 e. The minimum Gasteiger partial charge on any atom is -0.358 e. The van der Waals surface area contributed by atoms with Crippen LogP contribution in [-0.2, 0) is 11.2 Å². The SMILES string of the molecule is CC(=O)Cc1c(C)[nH]c2ccc(C(C)C)cc12. The lowest BCUT2D eigenvalue weighted by atomic mass is 9.98. The number of aromatic amines is 1. The van der Waals surface area contributed by atoms with E-state index in [2.05, 4.69) is 37.0 Å². The van der Waals surface area contributed by atoms with Crippen LogP contribution < -0.4 is 0 Å². The van der Waals surface area contributed by atoms with Crippen molar-refractivity contribution in [2.75, 3.05) is 0 Å². The molecule has 0 aliphatic heterocycles. The number of fused-ring (bicyclic) bond motifs is 1. The molecule has 1 N–H and O–H groups in total. The molecule has 0 bridgehead atoms. The van der Waals surface area contributed by atoms with Gasteiger partial charge >= 0.3 is 0 Å². The Morgan fingerprint density at radius 2 is 2.06 bits per heavy atom. The van der Waals surface area contributed by atoms with Crippen molar-refractivity contribution in [1.82, 2.24) is 4.98 Å². The second-order valence-electron chi connectivity index (χ2n) is 5.07. The van der Waals surface area contributed by atoms with Gasteiger partial charge < -0.3 is 4.98 Å². The van der Waals surface area contributed by atoms with E-state index in [1.165, 1.54) is 10.9 Å². The molecule has 0 radical (unpaired) electrons. The molecular formula is C15H19NO. The standard InChI is InChI=1S/C15H19NO/c1-9(2)12-5-6-15-14(8-12)13(7-10(3)17)11(4)16-15/h5-6,8-9,16H,7H2,1-4H3. The summed E-state index contributed by atoms with van der Waals surface area (Å²) >= 11 is 0. The molecule has 2 aromatic rings. The zero-order chi connectivity index (χ0) is 12.6. The minimum absolute atomic E-state index is 0.212. The van der Waals surface area contributed by atoms with Crippen LogP contribution in [0.3, 0.4) is 0 Å². The monoisotopic (exact) mass is 229 g/mol. The number of aromatic nitrogens is 1. The van der Waals surface area contributed by atoms with Gasteiger partial charge in [-0.25, -0.2) is 0 Å². The van der Waals surface area contributed by atoms with Gasteiger partial charge in [-0.15, -0.1) is 0 Å². The molecule has 0 atom stereocenters. The fourth-order valence-corrected chi connectivity index (χ4v) is 2.24. The number of benzene rings is 1. The summed E-state index contributed by atoms with van der Waals surface area (Å²) in [7, 11) is 0. The molecule has 90 valence electrons. The van der Waals surface area contributed by atoms with Crippen molar-refractivity contribution in [2.24, 2.45) is 0 Å². The first kappa shape index (κ1) is 11.9. The predicted molar refractivity (Wildman–Crippen MR) is 71.5 cm³/mol. The van der Waals surface area contributed by atoms with Gasteiger partial charge in [-0.2, -0.15) is 0 Å². The summed E-state index contributed by atoms with van der Waals surface area (Å²) in [6.45, 7) is 8.05. The molecule has 0 unspecified atom stereocenters. The average molecular weight is 229 g/mol. The van der Waals surface area contributed by atoms with E-state index in [1.807, 2.05) is 6.92 Å². The van der Waals surface area contributed by atoms with E-state index in [1.54, 1.807) is 6.92 Å². The Balaban J connectivity index is 2.60. The van der Waals surface area contributed by atoms with Crippen LogP contribution in [0.25, 0.3) is 10.9 Å². The number of hydrogen-bond acceptors (Lipinski definition) is 1. The van der Waals surface area contributed by atoms with Crippen LogP contribution in [0.4, 0.5) is 0 Å². The molecule has 1 heterocycles. The number of aryl methyl sites for hydroxylation is 1. The highest BCUT2D eigenvalue weighted by molar-refractivity contribution is 5.90. The van der Waals surface area contributed by atoms with Gasteiger partial charge in [0.25, 0.3) is 0 Å². The normalized spacial score (nSPS) is 11.4. The molecule has 2 nitrogen and oxygen atoms in total. The molecule has 0 aliphatic rings. The van der Waals surface area contributed by atoms with Crippen molar-refractivity contribution in [1.29, 1.82) is 0 Å². The van der Waals surface area contributed by atoms with Crippen LogP contribution in [0, 0.1) is 6.92 Å². The van der Waals surface area contributed by atoms with Crippen LogP contribution in [0.15, 0.2) is 18.2 Å². The van der Waals surface area contributed by atoms with Gasteiger partial charge in [0, 0.05) is 23.0 Å². The maximum absolute atomic E-state index is 11.3. The number of H-pyrrole nitrogens is 1. The molecule has 0 amide bonds. The summed E-state index contributed by atoms with van der Waals surface area (Å²) in [5.41, 5.74) is 4.70. The Kier molecular flexibility index (Phi) is 3.05. The first-order valence-electron chi connectivity index (χ1n) is 6.09. The van der Waals surface area contributed by atoms with Crippen LogP contribution >= 0.6 is 0 Å². The smallest absolute Gasteiger partial charge is 0.134 e. The molecule has 0 saturated carbocycles. The third-order valence-electron chi connectivity index (χ3n) is 3.24. The van der Waals surface area contributed by atoms with Gasteiger partial charge in [-0.3, -0.25) is 4.79 Å². The van der Waals surface area contributed by atoms with Crippen molar-refractivity contribution in [3.05, 3.63) is 35.0 Å². The lowest BCUT2D eigenvalue weighted by Crippen LogP contribution is -1.97. The third-order valence-corrected chi connectivity index (χ3v) is 3.24. The van der Waals surface area contributed by atoms with Crippen LogP contribution in [0.2, 0.25) is 0 Å². The highest BCUT2D eigenvalue weighted by Gasteiger charge is 2.11. The van der Waals surface area contributed by atoms with Gasteiger partial charge in [-0.05, 0) is 43.0 Å². The van der Waals surface area contributed by atoms with Crippen LogP contribution in [0.5, 0.6) is 0 Å². The van der Waals surface area contributed by atoms with E-state index < -0.39 is 0 Å². The Labute approximate surface area is 102 Å². The van der Waals surface area contributed by atoms with Crippen molar-refractivity contribution in [3.63, 3.8) is 0 Å². The summed E-state index contributed by atoms with van der Waals surface area (Å²) in [6.07, 6.45) is 0.521. The van der Waals surface area contributed by atoms with Crippen molar-refractivity contribution in [2.45, 2.75) is 40.0 Å². The molecule has 2 heteroatoms. The van der Waals surface area contributed by atoms with Gasteiger partial charge in [0.15, 0.2) is 0 Å². The minimum atomic E-state index is 0.212. The molecule has 0 spiro atoms. The fourth-order valence-electron chi connectivity index (χ4n) is 2.24. The maximum atomic E-state index is 11.3. The third kappa shape index (κ3) is 2.26. The summed E-state index contributed by atoms with van der Waals surface area (Å²) in [4.78, 5) is 14.7. The van der Waals surface area contributed by atoms with Gasteiger partial charge in [-0.1, -0.05) is 19.9 Å². The van der Waals surface area contributed by atoms with Crippen LogP contribution in [-0.4, -0.2) is 10.8 Å². The summed E-state index contributed by atoms with van der Waals surface area (Å²) in [6, 6.07) is 6.48. The second-order valence-corrected chi connectivity index (χ2v) is 5.07. The lowest BCUT2D eigenvalue weighted by Gasteiger charge is -2.05. The van der Waals surface area contributed by atoms with E-state index in [9.17, 15) is 4.79 Å². The van der Waals surface area contributed by atoms with Gasteiger partial charge in [0.2, 0.25) is 0 Å². The number of carbonyl (C=O) groups excluding carboxylic acids is 1. The molecule has 1 aromatic heterocycles. The average Bonchev–Trinajstić information content (AvgIpc) is 2.54. The Morgan fingerprint density at radius 3 is 2.65 bits per heavy atom. The van der Waals surface area contributed by atoms with Gasteiger partial charge in [0.1, 0.15) is 5.78 Å². The second kappa shape index (κ2) is 4.36. The zero-order valence-electron chi connectivity index (χ0n) is 10.9. The Hall–Kier alpha value is -1.57. The molecule has 0 aliphatic carbocycles. The van der Waals surface area contributed by atoms with Crippen molar-refractivity contribution < 1.29 is 4.79 Å². The Morgan fingerprint density at radius 1 is 1.35 bits per heavy atom. The molecule has 0 fully saturated rings. The number of carbonyl (C=O) groups is 1. The quantitative estimate of drug-likeness (QED) is 0.854. The topological polar surface area (TPSA) is 32.9 Å². The highest BCUT2D eigenvalue weighted by Crippen LogP contribution is 2.26. The number of hydrogen-bond donors (Lipinski definition) is 1. The predicted octanol–water partition coefficient (Wildman–Crippen LogP) is 3.73. The molecular weight excluding hydrogens is 210 g/mol. The zero-order valence-corrected chi connectivity index (χ0v) is 10.9. The molecule has 17 heavy (non-hydrogen) atoms. The number of Topliss-reactive ketones (excluding diaryl/α,β-unsaturated/α-hetero) is 1.